The molecule has 1 unspecified atom stereocenters. The van der Waals surface area contributed by atoms with Crippen LogP contribution in [0, 0.1) is 0 Å². The van der Waals surface area contributed by atoms with E-state index in [1.807, 2.05) is 0 Å². The summed E-state index contributed by atoms with van der Waals surface area (Å²) in [4.78, 5) is 8.89. The number of aliphatic hydroxyl groups is 1. The summed E-state index contributed by atoms with van der Waals surface area (Å²) in [5.74, 6) is -1.08. The predicted molar refractivity (Wildman–Crippen MR) is 120 cm³/mol. The quantitative estimate of drug-likeness (QED) is 0.275. The minimum absolute atomic E-state index is 0.400. The van der Waals surface area contributed by atoms with Gasteiger partial charge < -0.3 is 32.5 Å². The van der Waals surface area contributed by atoms with Gasteiger partial charge in [-0.15, -0.1) is 0 Å². The van der Waals surface area contributed by atoms with E-state index in [1.165, 1.54) is 0 Å². The number of carboxylic acids is 1. The SMILES string of the molecule is CC(=O)[O-].C[N+](C)(C)CC(O)COCCC[Si](C)(O[Si](C)(C)C)O[Si](C)(C)C. The molecular weight excluding hydrogens is 410 g/mol. The summed E-state index contributed by atoms with van der Waals surface area (Å²) in [6.45, 7) is 18.3. The number of ether oxygens (including phenoxy) is 1. The molecule has 1 N–H and O–H groups in total. The number of hydrogen-bond acceptors (Lipinski definition) is 6. The van der Waals surface area contributed by atoms with Crippen molar-refractivity contribution in [1.29, 1.82) is 0 Å². The van der Waals surface area contributed by atoms with Crippen LogP contribution in [0.2, 0.25) is 51.9 Å². The number of hydrogen-bond donors (Lipinski definition) is 1. The molecule has 10 heteroatoms. The Bertz CT molecular complexity index is 424. The zero-order valence-electron chi connectivity index (χ0n) is 20.0. The van der Waals surface area contributed by atoms with E-state index in [4.69, 9.17) is 22.9 Å². The second kappa shape index (κ2) is 12.6. The third-order valence-corrected chi connectivity index (χ3v) is 12.6. The summed E-state index contributed by atoms with van der Waals surface area (Å²) < 4.78 is 19.4. The Labute approximate surface area is 176 Å². The molecule has 0 aromatic carbocycles. The molecular formula is C18H45NO6Si3. The average molecular weight is 456 g/mol. The van der Waals surface area contributed by atoms with Gasteiger partial charge in [-0.1, -0.05) is 0 Å². The lowest BCUT2D eigenvalue weighted by molar-refractivity contribution is -0.873. The minimum atomic E-state index is -2.16. The van der Waals surface area contributed by atoms with E-state index in [1.54, 1.807) is 0 Å². The lowest BCUT2D eigenvalue weighted by atomic mass is 10.3. The molecule has 0 saturated carbocycles. The molecule has 170 valence electrons. The van der Waals surface area contributed by atoms with Gasteiger partial charge >= 0.3 is 8.56 Å². The van der Waals surface area contributed by atoms with Crippen molar-refractivity contribution in [3.8, 4) is 0 Å². The van der Waals surface area contributed by atoms with Crippen LogP contribution in [0.25, 0.3) is 0 Å². The topological polar surface area (TPSA) is 88.1 Å². The third-order valence-electron chi connectivity index (χ3n) is 3.03. The van der Waals surface area contributed by atoms with Gasteiger partial charge in [0.15, 0.2) is 16.6 Å². The van der Waals surface area contributed by atoms with E-state index in [2.05, 4.69) is 67.0 Å². The van der Waals surface area contributed by atoms with Crippen LogP contribution in [-0.2, 0) is 17.8 Å². The van der Waals surface area contributed by atoms with E-state index in [0.29, 0.717) is 19.8 Å². The van der Waals surface area contributed by atoms with Crippen molar-refractivity contribution >= 4 is 31.2 Å². The maximum atomic E-state index is 9.98. The van der Waals surface area contributed by atoms with E-state index in [0.717, 1.165) is 23.9 Å². The Morgan fingerprint density at radius 1 is 1.00 bits per heavy atom. The Kier molecular flexibility index (Phi) is 13.5. The third kappa shape index (κ3) is 24.0. The normalized spacial score (nSPS) is 14.3. The summed E-state index contributed by atoms with van der Waals surface area (Å²) in [5, 5.41) is 18.9. The summed E-state index contributed by atoms with van der Waals surface area (Å²) in [7, 11) is 0.797. The molecule has 0 bridgehead atoms. The van der Waals surface area contributed by atoms with Gasteiger partial charge in [0.1, 0.15) is 12.6 Å². The second-order valence-electron chi connectivity index (χ2n) is 10.4. The summed E-state index contributed by atoms with van der Waals surface area (Å²) in [5.41, 5.74) is 0. The number of quaternary nitrogens is 1. The van der Waals surface area contributed by atoms with Gasteiger partial charge in [-0.2, -0.15) is 0 Å². The largest absolute Gasteiger partial charge is 0.550 e. The van der Waals surface area contributed by atoms with Crippen molar-refractivity contribution in [3.63, 3.8) is 0 Å². The zero-order valence-corrected chi connectivity index (χ0v) is 23.0. The molecule has 0 saturated heterocycles. The van der Waals surface area contributed by atoms with Crippen molar-refractivity contribution in [2.45, 2.75) is 71.3 Å². The van der Waals surface area contributed by atoms with Crippen LogP contribution in [0.5, 0.6) is 0 Å². The van der Waals surface area contributed by atoms with Gasteiger partial charge in [0.2, 0.25) is 0 Å². The average Bonchev–Trinajstić information content (AvgIpc) is 2.29. The van der Waals surface area contributed by atoms with E-state index < -0.39 is 37.3 Å². The van der Waals surface area contributed by atoms with Crippen LogP contribution < -0.4 is 5.11 Å². The molecule has 0 radical (unpaired) electrons. The first-order valence-electron chi connectivity index (χ1n) is 9.89. The van der Waals surface area contributed by atoms with Crippen molar-refractivity contribution in [2.75, 3.05) is 40.9 Å². The molecule has 7 nitrogen and oxygen atoms in total. The molecule has 0 aromatic heterocycles. The van der Waals surface area contributed by atoms with Gasteiger partial charge in [-0.25, -0.2) is 0 Å². The summed E-state index contributed by atoms with van der Waals surface area (Å²) in [6, 6.07) is 0.951. The van der Waals surface area contributed by atoms with Gasteiger partial charge in [-0.3, -0.25) is 0 Å². The number of aliphatic hydroxyl groups excluding tert-OH is 1. The van der Waals surface area contributed by atoms with Gasteiger partial charge in [-0.05, 0) is 65.2 Å². The first-order valence-corrected chi connectivity index (χ1v) is 19.2. The van der Waals surface area contributed by atoms with Crippen LogP contribution >= 0.6 is 0 Å². The smallest absolute Gasteiger partial charge is 0.314 e. The highest BCUT2D eigenvalue weighted by atomic mass is 28.5. The lowest BCUT2D eigenvalue weighted by Gasteiger charge is -2.38. The monoisotopic (exact) mass is 455 g/mol. The maximum Gasteiger partial charge on any atom is 0.314 e. The molecule has 0 aromatic rings. The first kappa shape index (κ1) is 30.1. The second-order valence-corrected chi connectivity index (χ2v) is 23.2. The number of likely N-dealkylation sites (N-methyl/N-ethyl adjacent to an activating group) is 1. The number of carbonyl (C=O) groups excluding carboxylic acids is 1. The fourth-order valence-electron chi connectivity index (χ4n) is 2.82. The van der Waals surface area contributed by atoms with E-state index >= 15 is 0 Å². The maximum absolute atomic E-state index is 9.98. The van der Waals surface area contributed by atoms with Gasteiger partial charge in [0.25, 0.3) is 0 Å². The standard InChI is InChI=1S/C16H42NO4Si3.C2H4O2/c1-17(2,3)14-16(18)15-19-12-11-13-24(10,20-22(4,5)6)21-23(7,8)9;1-2(3)4/h16,18H,11-15H2,1-10H3;1H3,(H,3,4)/q+1;/p-1. The van der Waals surface area contributed by atoms with Crippen LogP contribution in [0.1, 0.15) is 13.3 Å². The highest BCUT2D eigenvalue weighted by Crippen LogP contribution is 2.25. The molecule has 0 rings (SSSR count). The number of carbonyl (C=O) groups is 1. The van der Waals surface area contributed by atoms with Crippen molar-refractivity contribution in [1.82, 2.24) is 0 Å². The number of aliphatic carboxylic acids is 1. The first-order chi connectivity index (χ1) is 12.2. The molecule has 0 spiro atoms. The molecule has 0 amide bonds. The predicted octanol–water partition coefficient (Wildman–Crippen LogP) is 1.99. The molecule has 0 aliphatic rings. The molecule has 0 heterocycles. The minimum Gasteiger partial charge on any atom is -0.550 e. The Hall–Kier alpha value is -0.0794. The van der Waals surface area contributed by atoms with Crippen molar-refractivity contribution < 1.29 is 32.5 Å². The molecule has 0 aliphatic carbocycles. The summed E-state index contributed by atoms with van der Waals surface area (Å²) >= 11 is 0. The van der Waals surface area contributed by atoms with Gasteiger partial charge in [0.05, 0.1) is 27.7 Å². The molecule has 28 heavy (non-hydrogen) atoms. The number of carboxylic acid groups (broad SMARTS) is 1. The molecule has 1 atom stereocenters. The van der Waals surface area contributed by atoms with E-state index in [9.17, 15) is 5.11 Å². The van der Waals surface area contributed by atoms with Crippen LogP contribution in [0.15, 0.2) is 0 Å². The Balaban J connectivity index is 0. The lowest BCUT2D eigenvalue weighted by Crippen LogP contribution is -2.52. The fraction of sp³-hybridized carbons (Fsp3) is 0.944. The van der Waals surface area contributed by atoms with Crippen LogP contribution in [0.4, 0.5) is 0 Å². The molecule has 0 aliphatic heterocycles. The Morgan fingerprint density at radius 2 is 1.39 bits per heavy atom. The highest BCUT2D eigenvalue weighted by molar-refractivity contribution is 6.87. The Morgan fingerprint density at radius 3 is 1.71 bits per heavy atom. The number of rotatable bonds is 12. The fourth-order valence-corrected chi connectivity index (χ4v) is 15.3. The number of nitrogens with zero attached hydrogens (tertiary/aromatic N) is 1. The zero-order chi connectivity index (χ0) is 22.8. The van der Waals surface area contributed by atoms with E-state index in [-0.39, 0.29) is 0 Å². The highest BCUT2D eigenvalue weighted by Gasteiger charge is 2.39. The van der Waals surface area contributed by atoms with Crippen molar-refractivity contribution in [3.05, 3.63) is 0 Å². The van der Waals surface area contributed by atoms with Crippen molar-refractivity contribution in [2.24, 2.45) is 0 Å². The molecule has 0 fully saturated rings. The summed E-state index contributed by atoms with van der Waals surface area (Å²) in [6.07, 6.45) is 0.513. The van der Waals surface area contributed by atoms with Crippen LogP contribution in [0.3, 0.4) is 0 Å². The van der Waals surface area contributed by atoms with Crippen LogP contribution in [-0.4, -0.2) is 87.8 Å². The van der Waals surface area contributed by atoms with Gasteiger partial charge in [0, 0.05) is 12.6 Å².